The van der Waals surface area contributed by atoms with Crippen LogP contribution in [0.3, 0.4) is 0 Å². The van der Waals surface area contributed by atoms with E-state index in [0.717, 1.165) is 12.1 Å². The summed E-state index contributed by atoms with van der Waals surface area (Å²) in [6, 6.07) is 4.89. The van der Waals surface area contributed by atoms with Gasteiger partial charge in [0.1, 0.15) is 18.1 Å². The van der Waals surface area contributed by atoms with E-state index >= 15 is 0 Å². The van der Waals surface area contributed by atoms with Crippen molar-refractivity contribution in [1.82, 2.24) is 0 Å². The zero-order valence-corrected chi connectivity index (χ0v) is 8.59. The molecule has 0 heterocycles. The highest BCUT2D eigenvalue weighted by molar-refractivity contribution is 5.89. The molecule has 0 aliphatic rings. The summed E-state index contributed by atoms with van der Waals surface area (Å²) >= 11 is 0. The van der Waals surface area contributed by atoms with Crippen molar-refractivity contribution < 1.29 is 18.3 Å². The molecule has 0 amide bonds. The lowest BCUT2D eigenvalue weighted by Crippen LogP contribution is -2.23. The van der Waals surface area contributed by atoms with Crippen molar-refractivity contribution in [3.8, 4) is 0 Å². The predicted molar refractivity (Wildman–Crippen MR) is 51.9 cm³/mol. The molecule has 2 nitrogen and oxygen atoms in total. The van der Waals surface area contributed by atoms with E-state index in [-0.39, 0.29) is 12.2 Å². The average molecular weight is 214 g/mol. The van der Waals surface area contributed by atoms with Gasteiger partial charge < -0.3 is 4.74 Å². The van der Waals surface area contributed by atoms with Gasteiger partial charge in [-0.25, -0.2) is 13.6 Å². The minimum absolute atomic E-state index is 0.209. The van der Waals surface area contributed by atoms with E-state index in [1.807, 2.05) is 0 Å². The molecule has 0 N–H and O–H groups in total. The van der Waals surface area contributed by atoms with Crippen LogP contribution in [0, 0.1) is 5.82 Å². The lowest BCUT2D eigenvalue weighted by molar-refractivity contribution is 0.0252. The monoisotopic (exact) mass is 214 g/mol. The van der Waals surface area contributed by atoms with Gasteiger partial charge in [0, 0.05) is 0 Å². The Hall–Kier alpha value is -1.45. The minimum atomic E-state index is -1.56. The molecule has 0 saturated carbocycles. The summed E-state index contributed by atoms with van der Waals surface area (Å²) in [7, 11) is 0. The number of esters is 1. The molecule has 15 heavy (non-hydrogen) atoms. The zero-order chi connectivity index (χ0) is 11.5. The Kier molecular flexibility index (Phi) is 3.39. The predicted octanol–water partition coefficient (Wildman–Crippen LogP) is 2.73. The normalized spacial score (nSPS) is 11.2. The number of rotatable bonds is 3. The Morgan fingerprint density at radius 1 is 1.33 bits per heavy atom. The molecule has 1 aromatic rings. The van der Waals surface area contributed by atoms with Crippen molar-refractivity contribution in [2.75, 3.05) is 6.61 Å². The van der Waals surface area contributed by atoms with Gasteiger partial charge in [-0.1, -0.05) is 0 Å². The van der Waals surface area contributed by atoms with Gasteiger partial charge in [-0.05, 0) is 38.1 Å². The number of hydrogen-bond donors (Lipinski definition) is 0. The topological polar surface area (TPSA) is 26.3 Å². The fourth-order valence-electron chi connectivity index (χ4n) is 0.906. The molecule has 0 aromatic heterocycles. The van der Waals surface area contributed by atoms with Crippen LogP contribution in [0.15, 0.2) is 24.3 Å². The van der Waals surface area contributed by atoms with Crippen molar-refractivity contribution in [2.45, 2.75) is 19.5 Å². The number of ether oxygens (including phenoxy) is 1. The summed E-state index contributed by atoms with van der Waals surface area (Å²) in [6.07, 6.45) is 0. The third-order valence-electron chi connectivity index (χ3n) is 1.63. The second-order valence-electron chi connectivity index (χ2n) is 3.80. The average Bonchev–Trinajstić information content (AvgIpc) is 2.14. The second kappa shape index (κ2) is 4.38. The third kappa shape index (κ3) is 4.06. The molecule has 1 aromatic carbocycles. The van der Waals surface area contributed by atoms with E-state index in [0.29, 0.717) is 0 Å². The fraction of sp³-hybridized carbons (Fsp3) is 0.364. The summed E-state index contributed by atoms with van der Waals surface area (Å²) < 4.78 is 30.2. The van der Waals surface area contributed by atoms with E-state index in [9.17, 15) is 13.6 Å². The number of carbonyl (C=O) groups excluding carboxylic acids is 1. The van der Waals surface area contributed by atoms with Crippen LogP contribution < -0.4 is 0 Å². The van der Waals surface area contributed by atoms with Gasteiger partial charge in [0.15, 0.2) is 0 Å². The Labute approximate surface area is 86.9 Å². The maximum absolute atomic E-state index is 13.0. The van der Waals surface area contributed by atoms with Gasteiger partial charge in [0.05, 0.1) is 5.56 Å². The Bertz CT molecular complexity index is 339. The van der Waals surface area contributed by atoms with Crippen LogP contribution in [-0.2, 0) is 4.74 Å². The van der Waals surface area contributed by atoms with Crippen molar-refractivity contribution in [3.63, 3.8) is 0 Å². The summed E-state index contributed by atoms with van der Waals surface area (Å²) in [5.41, 5.74) is -1.35. The first-order chi connectivity index (χ1) is 6.88. The summed E-state index contributed by atoms with van der Waals surface area (Å²) in [4.78, 5) is 11.3. The molecular formula is C11H12F2O2. The largest absolute Gasteiger partial charge is 0.459 e. The first-order valence-electron chi connectivity index (χ1n) is 4.50. The summed E-state index contributed by atoms with van der Waals surface area (Å²) in [6.45, 7) is 2.30. The SMILES string of the molecule is CC(C)(F)COC(=O)c1ccc(F)cc1. The smallest absolute Gasteiger partial charge is 0.338 e. The molecule has 0 fully saturated rings. The Morgan fingerprint density at radius 2 is 1.87 bits per heavy atom. The fourth-order valence-corrected chi connectivity index (χ4v) is 0.906. The number of hydrogen-bond acceptors (Lipinski definition) is 2. The highest BCUT2D eigenvalue weighted by Crippen LogP contribution is 2.10. The van der Waals surface area contributed by atoms with Crippen LogP contribution in [0.2, 0.25) is 0 Å². The highest BCUT2D eigenvalue weighted by Gasteiger charge is 2.18. The maximum atomic E-state index is 13.0. The number of benzene rings is 1. The van der Waals surface area contributed by atoms with Gasteiger partial charge in [0.25, 0.3) is 0 Å². The molecule has 0 bridgehead atoms. The quantitative estimate of drug-likeness (QED) is 0.723. The molecule has 1 rings (SSSR count). The van der Waals surface area contributed by atoms with Crippen molar-refractivity contribution in [3.05, 3.63) is 35.6 Å². The maximum Gasteiger partial charge on any atom is 0.338 e. The van der Waals surface area contributed by atoms with Gasteiger partial charge in [-0.3, -0.25) is 0 Å². The van der Waals surface area contributed by atoms with Crippen LogP contribution in [-0.4, -0.2) is 18.2 Å². The molecule has 0 aliphatic carbocycles. The Balaban J connectivity index is 2.58. The van der Waals surface area contributed by atoms with Gasteiger partial charge in [0.2, 0.25) is 0 Å². The third-order valence-corrected chi connectivity index (χ3v) is 1.63. The summed E-state index contributed by atoms with van der Waals surface area (Å²) in [5, 5.41) is 0. The molecular weight excluding hydrogens is 202 g/mol. The standard InChI is InChI=1S/C11H12F2O2/c1-11(2,13)7-15-10(14)8-3-5-9(12)6-4-8/h3-6H,7H2,1-2H3. The minimum Gasteiger partial charge on any atom is -0.459 e. The second-order valence-corrected chi connectivity index (χ2v) is 3.80. The van der Waals surface area contributed by atoms with E-state index < -0.39 is 17.5 Å². The molecule has 0 unspecified atom stereocenters. The van der Waals surface area contributed by atoms with Crippen molar-refractivity contribution in [2.24, 2.45) is 0 Å². The van der Waals surface area contributed by atoms with E-state index in [2.05, 4.69) is 0 Å². The zero-order valence-electron chi connectivity index (χ0n) is 8.59. The van der Waals surface area contributed by atoms with Crippen LogP contribution in [0.1, 0.15) is 24.2 Å². The molecule has 0 aliphatic heterocycles. The highest BCUT2D eigenvalue weighted by atomic mass is 19.1. The Morgan fingerprint density at radius 3 is 2.33 bits per heavy atom. The first kappa shape index (κ1) is 11.6. The van der Waals surface area contributed by atoms with Gasteiger partial charge in [-0.15, -0.1) is 0 Å². The van der Waals surface area contributed by atoms with E-state index in [1.54, 1.807) is 0 Å². The van der Waals surface area contributed by atoms with E-state index in [4.69, 9.17) is 4.74 Å². The lowest BCUT2D eigenvalue weighted by Gasteiger charge is -2.13. The van der Waals surface area contributed by atoms with Crippen LogP contribution >= 0.6 is 0 Å². The molecule has 0 atom stereocenters. The molecule has 4 heteroatoms. The summed E-state index contributed by atoms with van der Waals surface area (Å²) in [5.74, 6) is -1.09. The van der Waals surface area contributed by atoms with E-state index in [1.165, 1.54) is 26.0 Å². The number of halogens is 2. The number of alkyl halides is 1. The molecule has 0 spiro atoms. The molecule has 0 saturated heterocycles. The number of carbonyl (C=O) groups is 1. The van der Waals surface area contributed by atoms with Crippen LogP contribution in [0.25, 0.3) is 0 Å². The van der Waals surface area contributed by atoms with Crippen LogP contribution in [0.4, 0.5) is 8.78 Å². The first-order valence-corrected chi connectivity index (χ1v) is 4.50. The van der Waals surface area contributed by atoms with Crippen molar-refractivity contribution >= 4 is 5.97 Å². The van der Waals surface area contributed by atoms with Gasteiger partial charge in [-0.2, -0.15) is 0 Å². The van der Waals surface area contributed by atoms with Gasteiger partial charge >= 0.3 is 5.97 Å². The van der Waals surface area contributed by atoms with Crippen molar-refractivity contribution in [1.29, 1.82) is 0 Å². The lowest BCUT2D eigenvalue weighted by atomic mass is 10.2. The van der Waals surface area contributed by atoms with Crippen LogP contribution in [0.5, 0.6) is 0 Å². The molecule has 82 valence electrons. The molecule has 0 radical (unpaired) electrons.